The zero-order valence-corrected chi connectivity index (χ0v) is 15.9. The Bertz CT molecular complexity index is 1250. The van der Waals surface area contributed by atoms with Crippen molar-refractivity contribution < 1.29 is 0 Å². The summed E-state index contributed by atoms with van der Waals surface area (Å²) in [6.45, 7) is 0. The molecule has 0 aliphatic carbocycles. The van der Waals surface area contributed by atoms with Gasteiger partial charge in [-0.15, -0.1) is 0 Å². The molecule has 1 N–H and O–H groups in total. The fourth-order valence-corrected chi connectivity index (χ4v) is 3.65. The summed E-state index contributed by atoms with van der Waals surface area (Å²) in [6, 6.07) is 37.6. The molecule has 0 amide bonds. The van der Waals surface area contributed by atoms with Gasteiger partial charge >= 0.3 is 0 Å². The monoisotopic (exact) mass is 372 g/mol. The molecule has 138 valence electrons. The van der Waals surface area contributed by atoms with Crippen LogP contribution in [-0.4, -0.2) is 6.21 Å². The molecular weight excluding hydrogens is 352 g/mol. The Morgan fingerprint density at radius 1 is 0.552 bits per heavy atom. The maximum Gasteiger partial charge on any atom is 0.0631 e. The second kappa shape index (κ2) is 7.61. The summed E-state index contributed by atoms with van der Waals surface area (Å²) < 4.78 is 0. The van der Waals surface area contributed by atoms with Gasteiger partial charge in [0.25, 0.3) is 0 Å². The van der Waals surface area contributed by atoms with E-state index in [9.17, 15) is 0 Å². The molecule has 0 aromatic heterocycles. The summed E-state index contributed by atoms with van der Waals surface area (Å²) in [6.07, 6.45) is 1.99. The van der Waals surface area contributed by atoms with Crippen molar-refractivity contribution in [2.45, 2.75) is 0 Å². The van der Waals surface area contributed by atoms with Gasteiger partial charge in [-0.3, -0.25) is 4.99 Å². The van der Waals surface area contributed by atoms with Crippen molar-refractivity contribution in [2.75, 3.05) is 5.32 Å². The van der Waals surface area contributed by atoms with E-state index in [0.29, 0.717) is 0 Å². The topological polar surface area (TPSA) is 24.4 Å². The third-order valence-electron chi connectivity index (χ3n) is 5.09. The van der Waals surface area contributed by atoms with Gasteiger partial charge in [-0.05, 0) is 64.0 Å². The number of nitrogens with zero attached hydrogens (tertiary/aromatic N) is 1. The zero-order chi connectivity index (χ0) is 19.5. The van der Waals surface area contributed by atoms with E-state index in [1.807, 2.05) is 36.5 Å². The Kier molecular flexibility index (Phi) is 4.51. The summed E-state index contributed by atoms with van der Waals surface area (Å²) in [4.78, 5) is 4.77. The SMILES string of the molecule is C(=Nc1ccc(Nc2ccccc2)cc1)c1c2ccccc2cc2ccccc12. The zero-order valence-electron chi connectivity index (χ0n) is 15.9. The van der Waals surface area contributed by atoms with Gasteiger partial charge in [-0.25, -0.2) is 0 Å². The average Bonchev–Trinajstić information content (AvgIpc) is 2.78. The van der Waals surface area contributed by atoms with E-state index in [-0.39, 0.29) is 0 Å². The minimum Gasteiger partial charge on any atom is -0.356 e. The van der Waals surface area contributed by atoms with E-state index < -0.39 is 0 Å². The second-order valence-electron chi connectivity index (χ2n) is 7.03. The van der Waals surface area contributed by atoms with Crippen LogP contribution in [0.25, 0.3) is 21.5 Å². The predicted molar refractivity (Wildman–Crippen MR) is 125 cm³/mol. The van der Waals surface area contributed by atoms with Crippen LogP contribution in [0, 0.1) is 0 Å². The van der Waals surface area contributed by atoms with Crippen LogP contribution in [0.15, 0.2) is 114 Å². The lowest BCUT2D eigenvalue weighted by Crippen LogP contribution is -1.89. The first-order chi connectivity index (χ1) is 14.4. The maximum atomic E-state index is 4.77. The van der Waals surface area contributed by atoms with Crippen molar-refractivity contribution in [1.82, 2.24) is 0 Å². The van der Waals surface area contributed by atoms with Crippen LogP contribution in [0.5, 0.6) is 0 Å². The molecule has 0 aliphatic rings. The smallest absolute Gasteiger partial charge is 0.0631 e. The summed E-state index contributed by atoms with van der Waals surface area (Å²) in [5, 5.41) is 8.30. The van der Waals surface area contributed by atoms with Crippen LogP contribution < -0.4 is 5.32 Å². The van der Waals surface area contributed by atoms with Crippen molar-refractivity contribution in [1.29, 1.82) is 0 Å². The van der Waals surface area contributed by atoms with Crippen molar-refractivity contribution in [3.05, 3.63) is 115 Å². The van der Waals surface area contributed by atoms with Crippen LogP contribution in [-0.2, 0) is 0 Å². The van der Waals surface area contributed by atoms with Gasteiger partial charge in [-0.1, -0.05) is 66.7 Å². The number of anilines is 2. The lowest BCUT2D eigenvalue weighted by Gasteiger charge is -2.08. The number of hydrogen-bond donors (Lipinski definition) is 1. The first-order valence-electron chi connectivity index (χ1n) is 9.73. The van der Waals surface area contributed by atoms with Crippen molar-refractivity contribution in [3.63, 3.8) is 0 Å². The van der Waals surface area contributed by atoms with Crippen molar-refractivity contribution >= 4 is 44.8 Å². The fraction of sp³-hybridized carbons (Fsp3) is 0. The lowest BCUT2D eigenvalue weighted by molar-refractivity contribution is 1.50. The van der Waals surface area contributed by atoms with Gasteiger partial charge in [-0.2, -0.15) is 0 Å². The second-order valence-corrected chi connectivity index (χ2v) is 7.03. The Morgan fingerprint density at radius 3 is 1.76 bits per heavy atom. The number of benzene rings is 5. The van der Waals surface area contributed by atoms with Crippen molar-refractivity contribution in [3.8, 4) is 0 Å². The Morgan fingerprint density at radius 2 is 1.10 bits per heavy atom. The maximum absolute atomic E-state index is 4.77. The third-order valence-corrected chi connectivity index (χ3v) is 5.09. The minimum atomic E-state index is 0.931. The van der Waals surface area contributed by atoms with Gasteiger partial charge < -0.3 is 5.32 Å². The van der Waals surface area contributed by atoms with E-state index in [1.165, 1.54) is 21.5 Å². The number of nitrogens with one attached hydrogen (secondary N) is 1. The van der Waals surface area contributed by atoms with Crippen LogP contribution in [0.1, 0.15) is 5.56 Å². The first-order valence-corrected chi connectivity index (χ1v) is 9.73. The number of rotatable bonds is 4. The standard InChI is InChI=1S/C27H20N2/c1-2-10-23(11-3-1)29-24-16-14-22(15-17-24)28-19-27-25-12-6-4-8-20(25)18-21-9-5-7-13-26(21)27/h1-19,29H. The van der Waals surface area contributed by atoms with Gasteiger partial charge in [0.15, 0.2) is 0 Å². The van der Waals surface area contributed by atoms with E-state index in [2.05, 4.69) is 84.2 Å². The van der Waals surface area contributed by atoms with E-state index in [0.717, 1.165) is 22.6 Å². The van der Waals surface area contributed by atoms with Crippen LogP contribution in [0.2, 0.25) is 0 Å². The molecule has 0 aliphatic heterocycles. The molecule has 5 aromatic rings. The number of para-hydroxylation sites is 1. The molecule has 0 spiro atoms. The molecule has 0 heterocycles. The highest BCUT2D eigenvalue weighted by Gasteiger charge is 2.05. The Balaban J connectivity index is 1.48. The van der Waals surface area contributed by atoms with Gasteiger partial charge in [0.2, 0.25) is 0 Å². The quantitative estimate of drug-likeness (QED) is 0.256. The molecule has 29 heavy (non-hydrogen) atoms. The Labute approximate surface area is 170 Å². The lowest BCUT2D eigenvalue weighted by atomic mass is 9.97. The molecule has 0 saturated heterocycles. The number of fused-ring (bicyclic) bond motifs is 2. The molecule has 2 heteroatoms. The minimum absolute atomic E-state index is 0.931. The molecule has 5 aromatic carbocycles. The molecule has 0 saturated carbocycles. The van der Waals surface area contributed by atoms with E-state index in [1.54, 1.807) is 0 Å². The summed E-state index contributed by atoms with van der Waals surface area (Å²) >= 11 is 0. The Hall–Kier alpha value is -3.91. The highest BCUT2D eigenvalue weighted by Crippen LogP contribution is 2.28. The average molecular weight is 372 g/mol. The van der Waals surface area contributed by atoms with Crippen LogP contribution in [0.3, 0.4) is 0 Å². The third kappa shape index (κ3) is 3.61. The molecule has 0 fully saturated rings. The molecule has 2 nitrogen and oxygen atoms in total. The van der Waals surface area contributed by atoms with E-state index in [4.69, 9.17) is 4.99 Å². The first kappa shape index (κ1) is 17.2. The van der Waals surface area contributed by atoms with Gasteiger partial charge in [0.1, 0.15) is 0 Å². The highest BCUT2D eigenvalue weighted by molar-refractivity contribution is 6.13. The number of aliphatic imine (C=N–C) groups is 1. The van der Waals surface area contributed by atoms with Crippen LogP contribution in [0.4, 0.5) is 17.1 Å². The summed E-state index contributed by atoms with van der Waals surface area (Å²) in [5.74, 6) is 0. The molecule has 0 unspecified atom stereocenters. The van der Waals surface area contributed by atoms with Crippen molar-refractivity contribution in [2.24, 2.45) is 4.99 Å². The number of hydrogen-bond acceptors (Lipinski definition) is 2. The van der Waals surface area contributed by atoms with Gasteiger partial charge in [0, 0.05) is 23.2 Å². The fourth-order valence-electron chi connectivity index (χ4n) is 3.65. The van der Waals surface area contributed by atoms with Gasteiger partial charge in [0.05, 0.1) is 5.69 Å². The molecule has 0 bridgehead atoms. The predicted octanol–water partition coefficient (Wildman–Crippen LogP) is 7.49. The molecule has 0 radical (unpaired) electrons. The van der Waals surface area contributed by atoms with E-state index >= 15 is 0 Å². The molecule has 0 atom stereocenters. The largest absolute Gasteiger partial charge is 0.356 e. The van der Waals surface area contributed by atoms with Crippen LogP contribution >= 0.6 is 0 Å². The molecular formula is C27H20N2. The summed E-state index contributed by atoms with van der Waals surface area (Å²) in [7, 11) is 0. The summed E-state index contributed by atoms with van der Waals surface area (Å²) in [5.41, 5.74) is 4.21. The molecule has 5 rings (SSSR count). The normalized spacial score (nSPS) is 11.3. The highest BCUT2D eigenvalue weighted by atomic mass is 14.9.